The van der Waals surface area contributed by atoms with Crippen LogP contribution in [0.1, 0.15) is 24.1 Å². The average molecular weight is 269 g/mol. The average Bonchev–Trinajstić information content (AvgIpc) is 2.48. The lowest BCUT2D eigenvalue weighted by atomic mass is 10.0. The van der Waals surface area contributed by atoms with Gasteiger partial charge in [-0.2, -0.15) is 0 Å². The Hall–Kier alpha value is -2.13. The minimum atomic E-state index is -0.823. The van der Waals surface area contributed by atoms with Crippen LogP contribution in [0.15, 0.2) is 60.7 Å². The van der Waals surface area contributed by atoms with Gasteiger partial charge < -0.3 is 5.11 Å². The summed E-state index contributed by atoms with van der Waals surface area (Å²) >= 11 is 0. The minimum Gasteiger partial charge on any atom is -0.480 e. The van der Waals surface area contributed by atoms with E-state index in [1.807, 2.05) is 67.6 Å². The van der Waals surface area contributed by atoms with Gasteiger partial charge in [-0.3, -0.25) is 10.1 Å². The van der Waals surface area contributed by atoms with E-state index in [1.54, 1.807) is 0 Å². The molecule has 0 aliphatic heterocycles. The molecule has 0 fully saturated rings. The molecule has 2 aromatic rings. The van der Waals surface area contributed by atoms with Gasteiger partial charge in [0.05, 0.1) is 0 Å². The van der Waals surface area contributed by atoms with Gasteiger partial charge in [0.1, 0.15) is 6.04 Å². The molecule has 2 N–H and O–H groups in total. The molecule has 0 unspecified atom stereocenters. The third-order valence-electron chi connectivity index (χ3n) is 3.33. The highest BCUT2D eigenvalue weighted by molar-refractivity contribution is 5.74. The van der Waals surface area contributed by atoms with Crippen LogP contribution in [0, 0.1) is 0 Å². The quantitative estimate of drug-likeness (QED) is 0.847. The summed E-state index contributed by atoms with van der Waals surface area (Å²) in [5.41, 5.74) is 2.11. The summed E-state index contributed by atoms with van der Waals surface area (Å²) in [5.74, 6) is -0.823. The molecule has 0 saturated heterocycles. The van der Waals surface area contributed by atoms with Crippen LogP contribution in [-0.4, -0.2) is 17.1 Å². The fourth-order valence-electron chi connectivity index (χ4n) is 2.21. The van der Waals surface area contributed by atoms with Crippen molar-refractivity contribution in [2.24, 2.45) is 0 Å². The van der Waals surface area contributed by atoms with E-state index in [-0.39, 0.29) is 6.04 Å². The number of rotatable bonds is 6. The number of carboxylic acid groups (broad SMARTS) is 1. The van der Waals surface area contributed by atoms with Gasteiger partial charge in [0.2, 0.25) is 0 Å². The highest BCUT2D eigenvalue weighted by Crippen LogP contribution is 2.13. The van der Waals surface area contributed by atoms with E-state index < -0.39 is 12.0 Å². The molecule has 3 heteroatoms. The van der Waals surface area contributed by atoms with Gasteiger partial charge in [-0.1, -0.05) is 60.7 Å². The lowest BCUT2D eigenvalue weighted by molar-refractivity contribution is -0.139. The maximum absolute atomic E-state index is 11.4. The van der Waals surface area contributed by atoms with Crippen molar-refractivity contribution in [3.63, 3.8) is 0 Å². The molecule has 0 spiro atoms. The van der Waals surface area contributed by atoms with E-state index in [4.69, 9.17) is 0 Å². The topological polar surface area (TPSA) is 49.3 Å². The van der Waals surface area contributed by atoms with Crippen LogP contribution in [0.25, 0.3) is 0 Å². The second-order valence-corrected chi connectivity index (χ2v) is 4.88. The van der Waals surface area contributed by atoms with E-state index in [9.17, 15) is 9.90 Å². The highest BCUT2D eigenvalue weighted by Gasteiger charge is 2.20. The molecule has 104 valence electrons. The van der Waals surface area contributed by atoms with Crippen LogP contribution in [0.4, 0.5) is 0 Å². The van der Waals surface area contributed by atoms with Crippen LogP contribution >= 0.6 is 0 Å². The predicted molar refractivity (Wildman–Crippen MR) is 79.6 cm³/mol. The third kappa shape index (κ3) is 3.93. The molecule has 0 radical (unpaired) electrons. The van der Waals surface area contributed by atoms with Crippen LogP contribution in [0.5, 0.6) is 0 Å². The molecular formula is C17H19NO2. The first-order chi connectivity index (χ1) is 9.66. The van der Waals surface area contributed by atoms with Crippen molar-refractivity contribution in [2.75, 3.05) is 0 Å². The highest BCUT2D eigenvalue weighted by atomic mass is 16.4. The standard InChI is InChI=1S/C17H19NO2/c1-13(15-10-6-3-7-11-15)18-16(17(19)20)12-14-8-4-2-5-9-14/h2-11,13,16,18H,12H2,1H3,(H,19,20)/t13-,16-/m0/s1. The second-order valence-electron chi connectivity index (χ2n) is 4.88. The predicted octanol–water partition coefficient (Wildman–Crippen LogP) is 3.03. The molecular weight excluding hydrogens is 250 g/mol. The van der Waals surface area contributed by atoms with Crippen molar-refractivity contribution in [3.8, 4) is 0 Å². The minimum absolute atomic E-state index is 0.000937. The fourth-order valence-corrected chi connectivity index (χ4v) is 2.21. The Morgan fingerprint density at radius 2 is 1.60 bits per heavy atom. The van der Waals surface area contributed by atoms with Crippen LogP contribution in [0.2, 0.25) is 0 Å². The SMILES string of the molecule is C[C@H](N[C@@H](Cc1ccccc1)C(=O)O)c1ccccc1. The molecule has 0 amide bonds. The zero-order chi connectivity index (χ0) is 14.4. The largest absolute Gasteiger partial charge is 0.480 e. The first kappa shape index (κ1) is 14.3. The van der Waals surface area contributed by atoms with Crippen molar-refractivity contribution >= 4 is 5.97 Å². The van der Waals surface area contributed by atoms with Crippen molar-refractivity contribution in [1.29, 1.82) is 0 Å². The number of benzene rings is 2. The summed E-state index contributed by atoms with van der Waals surface area (Å²) < 4.78 is 0. The van der Waals surface area contributed by atoms with Crippen LogP contribution in [-0.2, 0) is 11.2 Å². The first-order valence-electron chi connectivity index (χ1n) is 6.74. The Morgan fingerprint density at radius 1 is 1.05 bits per heavy atom. The summed E-state index contributed by atoms with van der Waals surface area (Å²) in [4.78, 5) is 11.4. The number of hydrogen-bond donors (Lipinski definition) is 2. The van der Waals surface area contributed by atoms with E-state index in [1.165, 1.54) is 0 Å². The number of aliphatic carboxylic acids is 1. The van der Waals surface area contributed by atoms with Gasteiger partial charge in [-0.15, -0.1) is 0 Å². The van der Waals surface area contributed by atoms with Crippen molar-refractivity contribution in [3.05, 3.63) is 71.8 Å². The summed E-state index contributed by atoms with van der Waals surface area (Å²) in [6.07, 6.45) is 0.480. The molecule has 3 nitrogen and oxygen atoms in total. The second kappa shape index (κ2) is 6.87. The molecule has 2 aromatic carbocycles. The Labute approximate surface area is 119 Å². The molecule has 20 heavy (non-hydrogen) atoms. The Morgan fingerprint density at radius 3 is 2.15 bits per heavy atom. The molecule has 0 aliphatic carbocycles. The molecule has 0 bridgehead atoms. The van der Waals surface area contributed by atoms with Gasteiger partial charge >= 0.3 is 5.97 Å². The Kier molecular flexibility index (Phi) is 4.91. The number of carbonyl (C=O) groups is 1. The Balaban J connectivity index is 2.05. The smallest absolute Gasteiger partial charge is 0.321 e. The van der Waals surface area contributed by atoms with E-state index in [2.05, 4.69) is 5.32 Å². The van der Waals surface area contributed by atoms with Crippen molar-refractivity contribution in [1.82, 2.24) is 5.32 Å². The summed E-state index contributed by atoms with van der Waals surface area (Å²) in [6, 6.07) is 19.0. The maximum atomic E-state index is 11.4. The van der Waals surface area contributed by atoms with E-state index in [0.29, 0.717) is 6.42 Å². The van der Waals surface area contributed by atoms with Crippen molar-refractivity contribution < 1.29 is 9.90 Å². The third-order valence-corrected chi connectivity index (χ3v) is 3.33. The first-order valence-corrected chi connectivity index (χ1v) is 6.74. The zero-order valence-corrected chi connectivity index (χ0v) is 11.5. The fraction of sp³-hybridized carbons (Fsp3) is 0.235. The number of nitrogens with one attached hydrogen (secondary N) is 1. The van der Waals surface area contributed by atoms with Gasteiger partial charge in [0.25, 0.3) is 0 Å². The number of carboxylic acids is 1. The molecule has 2 atom stereocenters. The summed E-state index contributed by atoms with van der Waals surface area (Å²) in [6.45, 7) is 1.98. The summed E-state index contributed by atoms with van der Waals surface area (Å²) in [5, 5.41) is 12.5. The molecule has 0 aliphatic rings. The summed E-state index contributed by atoms with van der Waals surface area (Å²) in [7, 11) is 0. The maximum Gasteiger partial charge on any atom is 0.321 e. The van der Waals surface area contributed by atoms with Crippen LogP contribution in [0.3, 0.4) is 0 Å². The van der Waals surface area contributed by atoms with Crippen LogP contribution < -0.4 is 5.32 Å². The van der Waals surface area contributed by atoms with E-state index >= 15 is 0 Å². The molecule has 0 saturated carbocycles. The monoisotopic (exact) mass is 269 g/mol. The molecule has 0 heterocycles. The normalized spacial score (nSPS) is 13.7. The molecule has 2 rings (SSSR count). The molecule has 0 aromatic heterocycles. The van der Waals surface area contributed by atoms with Gasteiger partial charge in [0, 0.05) is 6.04 Å². The van der Waals surface area contributed by atoms with Gasteiger partial charge in [-0.25, -0.2) is 0 Å². The van der Waals surface area contributed by atoms with E-state index in [0.717, 1.165) is 11.1 Å². The lowest BCUT2D eigenvalue weighted by Crippen LogP contribution is -2.40. The van der Waals surface area contributed by atoms with Gasteiger partial charge in [-0.05, 0) is 24.5 Å². The number of hydrogen-bond acceptors (Lipinski definition) is 2. The van der Waals surface area contributed by atoms with Gasteiger partial charge in [0.15, 0.2) is 0 Å². The zero-order valence-electron chi connectivity index (χ0n) is 11.5. The Bertz CT molecular complexity index is 539. The van der Waals surface area contributed by atoms with Crippen molar-refractivity contribution in [2.45, 2.75) is 25.4 Å². The lowest BCUT2D eigenvalue weighted by Gasteiger charge is -2.20.